The summed E-state index contributed by atoms with van der Waals surface area (Å²) in [5.41, 5.74) is 1.04. The predicted octanol–water partition coefficient (Wildman–Crippen LogP) is 7.71. The summed E-state index contributed by atoms with van der Waals surface area (Å²) >= 11 is 0. The predicted molar refractivity (Wildman–Crippen MR) is 232 cm³/mol. The summed E-state index contributed by atoms with van der Waals surface area (Å²) in [6.45, 7) is 7.91. The van der Waals surface area contributed by atoms with E-state index in [4.69, 9.17) is 23.5 Å². The first-order chi connectivity index (χ1) is 28.9. The van der Waals surface area contributed by atoms with Crippen molar-refractivity contribution in [3.8, 4) is 17.6 Å². The van der Waals surface area contributed by atoms with Gasteiger partial charge in [-0.25, -0.2) is 0 Å². The van der Waals surface area contributed by atoms with Gasteiger partial charge in [0.25, 0.3) is 0 Å². The van der Waals surface area contributed by atoms with Crippen LogP contribution in [0, 0.1) is 11.3 Å². The Kier molecular flexibility index (Phi) is 14.5. The van der Waals surface area contributed by atoms with E-state index < -0.39 is 43.5 Å². The van der Waals surface area contributed by atoms with Gasteiger partial charge in [0.1, 0.15) is 0 Å². The van der Waals surface area contributed by atoms with E-state index in [2.05, 4.69) is 16.4 Å². The van der Waals surface area contributed by atoms with E-state index >= 15 is 0 Å². The van der Waals surface area contributed by atoms with Crippen LogP contribution in [0.15, 0.2) is 126 Å². The van der Waals surface area contributed by atoms with Crippen LogP contribution in [0.1, 0.15) is 73.8 Å². The topological polar surface area (TPSA) is 157 Å². The molecule has 0 spiro atoms. The number of hydrogen-bond donors (Lipinski definition) is 2. The van der Waals surface area contributed by atoms with E-state index in [1.165, 1.54) is 16.8 Å². The number of rotatable bonds is 18. The molecule has 1 aromatic heterocycles. The van der Waals surface area contributed by atoms with Gasteiger partial charge in [-0.05, 0) is 0 Å². The minimum atomic E-state index is -3.83. The third kappa shape index (κ3) is 9.77. The number of carbonyl (C=O) groups is 1. The molecule has 4 aromatic carbocycles. The van der Waals surface area contributed by atoms with Crippen LogP contribution in [0.25, 0.3) is 0 Å². The fraction of sp³-hybridized carbons (Fsp3) is 0.348. The summed E-state index contributed by atoms with van der Waals surface area (Å²) in [5, 5.41) is 12.4. The van der Waals surface area contributed by atoms with E-state index in [0.29, 0.717) is 17.1 Å². The Morgan fingerprint density at radius 3 is 1.97 bits per heavy atom. The number of carbonyl (C=O) groups excluding carboxylic acids is 1. The van der Waals surface area contributed by atoms with Crippen molar-refractivity contribution < 1.29 is 33.2 Å². The van der Waals surface area contributed by atoms with Crippen molar-refractivity contribution in [2.24, 2.45) is 0 Å². The van der Waals surface area contributed by atoms with Crippen molar-refractivity contribution in [1.29, 1.82) is 5.26 Å². The molecule has 1 aliphatic rings. The first kappa shape index (κ1) is 44.1. The molecule has 0 aliphatic carbocycles. The van der Waals surface area contributed by atoms with E-state index in [0.717, 1.165) is 16.7 Å². The minimum absolute atomic E-state index is 0.0480. The number of amides is 1. The van der Waals surface area contributed by atoms with Crippen LogP contribution in [0.5, 0.6) is 11.5 Å². The molecule has 14 heteroatoms. The first-order valence-corrected chi connectivity index (χ1v) is 22.1. The number of anilines is 1. The monoisotopic (exact) mass is 835 g/mol. The van der Waals surface area contributed by atoms with Crippen LogP contribution in [0.2, 0.25) is 0 Å². The van der Waals surface area contributed by atoms with Crippen LogP contribution >= 0.6 is 7.87 Å². The quantitative estimate of drug-likeness (QED) is 0.0658. The number of nitrogens with one attached hydrogen (secondary N) is 1. The molecule has 1 amide bonds. The summed E-state index contributed by atoms with van der Waals surface area (Å²) in [6, 6.07) is 37.4. The van der Waals surface area contributed by atoms with Gasteiger partial charge in [0, 0.05) is 0 Å². The molecule has 0 saturated carbocycles. The standard InChI is InChI=1S/C46H54N5O8P/c1-32(2)51(33(3)4)60(54,29-13-27-47)59-40-30-43(50-28-26-42(49-45(50)53)48-44(52)34-14-9-7-10-15-34)58-41(40)31-57-46(35-16-11-8-12-17-35,36-18-22-38(55-5)23-19-36)37-20-24-39(56-6)25-21-37/h7-12,14-26,28,32-33,40-41,43,54,60H,13,29-31H2,1-6H3,(H,48,49,52,53)/t40-,41+,43+/m0/s1. The summed E-state index contributed by atoms with van der Waals surface area (Å²) < 4.78 is 35.2. The average molecular weight is 836 g/mol. The fourth-order valence-corrected chi connectivity index (χ4v) is 11.3. The molecule has 0 unspecified atom stereocenters. The van der Waals surface area contributed by atoms with Crippen molar-refractivity contribution >= 4 is 19.6 Å². The summed E-state index contributed by atoms with van der Waals surface area (Å²) in [7, 11) is -0.598. The van der Waals surface area contributed by atoms with Gasteiger partial charge in [-0.3, -0.25) is 0 Å². The van der Waals surface area contributed by atoms with Crippen LogP contribution in [-0.4, -0.2) is 76.3 Å². The van der Waals surface area contributed by atoms with Gasteiger partial charge in [-0.15, -0.1) is 0 Å². The second-order valence-electron chi connectivity index (χ2n) is 15.2. The molecule has 0 radical (unpaired) electrons. The number of aromatic nitrogens is 2. The number of methoxy groups -OCH3 is 2. The third-order valence-corrected chi connectivity index (χ3v) is 14.1. The zero-order valence-corrected chi connectivity index (χ0v) is 35.9. The zero-order valence-electron chi connectivity index (χ0n) is 34.9. The molecule has 3 atom stereocenters. The molecular formula is C46H54N5O8P. The van der Waals surface area contributed by atoms with Gasteiger partial charge in [0.15, 0.2) is 0 Å². The molecule has 1 aliphatic heterocycles. The Labute approximate surface area is 352 Å². The van der Waals surface area contributed by atoms with Crippen molar-refractivity contribution in [2.45, 2.75) is 76.7 Å². The Morgan fingerprint density at radius 1 is 0.900 bits per heavy atom. The summed E-state index contributed by atoms with van der Waals surface area (Å²) in [6.07, 6.45) is -0.578. The molecule has 1 fully saturated rings. The van der Waals surface area contributed by atoms with E-state index in [1.807, 2.05) is 117 Å². The van der Waals surface area contributed by atoms with E-state index in [-0.39, 0.29) is 43.5 Å². The second kappa shape index (κ2) is 19.7. The van der Waals surface area contributed by atoms with E-state index in [1.54, 1.807) is 38.5 Å². The molecule has 5 aromatic rings. The molecule has 13 nitrogen and oxygen atoms in total. The Bertz CT molecular complexity index is 2210. The molecule has 316 valence electrons. The normalized spacial score (nSPS) is 17.1. The molecule has 0 bridgehead atoms. The number of benzene rings is 4. The Morgan fingerprint density at radius 2 is 1.45 bits per heavy atom. The van der Waals surface area contributed by atoms with Crippen LogP contribution in [0.3, 0.4) is 0 Å². The van der Waals surface area contributed by atoms with Crippen LogP contribution in [-0.2, 0) is 19.6 Å². The maximum absolute atomic E-state index is 13.7. The van der Waals surface area contributed by atoms with Crippen LogP contribution in [0.4, 0.5) is 5.82 Å². The van der Waals surface area contributed by atoms with Crippen LogP contribution < -0.4 is 20.5 Å². The summed E-state index contributed by atoms with van der Waals surface area (Å²) in [4.78, 5) is 43.3. The first-order valence-electron chi connectivity index (χ1n) is 20.1. The number of nitriles is 1. The molecule has 6 rings (SSSR count). The third-order valence-electron chi connectivity index (χ3n) is 10.7. The van der Waals surface area contributed by atoms with Crippen molar-refractivity contribution in [3.05, 3.63) is 154 Å². The van der Waals surface area contributed by atoms with Gasteiger partial charge in [-0.1, -0.05) is 18.2 Å². The SMILES string of the molecule is COc1ccc(C(OC[C@H]2O[C@@H](n3ccc(NC(=O)c4ccccc4)nc3=O)C[C@@H]2O[PH](O)(CCC#N)N(C(C)C)C(C)C)(c2ccccc2)c2ccc(OC)cc2)cc1. The summed E-state index contributed by atoms with van der Waals surface area (Å²) in [5.74, 6) is 1.04. The number of hydrogen-bond acceptors (Lipinski definition) is 11. The Hall–Kier alpha value is -5.45. The molecule has 1 saturated heterocycles. The molecule has 2 heterocycles. The van der Waals surface area contributed by atoms with Gasteiger partial charge in [0.2, 0.25) is 0 Å². The maximum atomic E-state index is 13.7. The molecular weight excluding hydrogens is 782 g/mol. The number of nitrogens with zero attached hydrogens (tertiary/aromatic N) is 4. The van der Waals surface area contributed by atoms with Crippen molar-refractivity contribution in [1.82, 2.24) is 14.2 Å². The zero-order chi connectivity index (χ0) is 42.9. The number of ether oxygens (including phenoxy) is 4. The van der Waals surface area contributed by atoms with Gasteiger partial charge >= 0.3 is 335 Å². The second-order valence-corrected chi connectivity index (χ2v) is 17.9. The molecule has 2 N–H and O–H groups in total. The average Bonchev–Trinajstić information content (AvgIpc) is 3.65. The van der Waals surface area contributed by atoms with Gasteiger partial charge < -0.3 is 0 Å². The van der Waals surface area contributed by atoms with Gasteiger partial charge in [0.05, 0.1) is 0 Å². The van der Waals surface area contributed by atoms with Crippen molar-refractivity contribution in [3.63, 3.8) is 0 Å². The van der Waals surface area contributed by atoms with Crippen molar-refractivity contribution in [2.75, 3.05) is 32.3 Å². The van der Waals surface area contributed by atoms with Gasteiger partial charge in [-0.2, -0.15) is 0 Å². The Balaban J connectivity index is 1.41. The molecule has 60 heavy (non-hydrogen) atoms. The van der Waals surface area contributed by atoms with E-state index in [9.17, 15) is 19.7 Å². The fourth-order valence-electron chi connectivity index (χ4n) is 8.02.